The predicted octanol–water partition coefficient (Wildman–Crippen LogP) is 2.30. The average Bonchev–Trinajstić information content (AvgIpc) is 3.13. The van der Waals surface area contributed by atoms with Gasteiger partial charge in [0, 0.05) is 18.2 Å². The van der Waals surface area contributed by atoms with Gasteiger partial charge in [-0.15, -0.1) is 0 Å². The molecule has 1 fully saturated rings. The van der Waals surface area contributed by atoms with E-state index in [0.717, 1.165) is 10.8 Å². The largest absolute Gasteiger partial charge is 0.410 e. The first kappa shape index (κ1) is 29.5. The zero-order chi connectivity index (χ0) is 28.0. The molecule has 206 valence electrons. The molecule has 1 aromatic carbocycles. The van der Waals surface area contributed by atoms with Crippen molar-refractivity contribution >= 4 is 28.3 Å². The van der Waals surface area contributed by atoms with E-state index in [4.69, 9.17) is 13.3 Å². The summed E-state index contributed by atoms with van der Waals surface area (Å²) in [5.41, 5.74) is -1.18. The first-order chi connectivity index (χ1) is 16.8. The summed E-state index contributed by atoms with van der Waals surface area (Å²) in [6.45, 7) is 10.4. The first-order valence-corrected chi connectivity index (χ1v) is 17.8. The summed E-state index contributed by atoms with van der Waals surface area (Å²) in [4.78, 5) is 24.4. The van der Waals surface area contributed by atoms with Gasteiger partial charge in [0.05, 0.1) is 17.3 Å². The van der Waals surface area contributed by atoms with Crippen molar-refractivity contribution < 1.29 is 30.2 Å². The van der Waals surface area contributed by atoms with E-state index in [1.54, 1.807) is 6.07 Å². The summed E-state index contributed by atoms with van der Waals surface area (Å²) in [5.74, 6) is 0. The van der Waals surface area contributed by atoms with Crippen LogP contribution in [0.3, 0.4) is 0 Å². The standard InChI is InChI=1S/C23H34N2O9S2Si/c1-16-14-25(21(27)24-20(16)26)19-13-18(34-37(6,7)22(2,3)4)23(33-19,15-32-35(5,28)29)36(30,31)17-11-9-8-10-12-17/h8-12,14,18-19H,13,15H2,1-7H3,(H,24,26,27)/t18-,19+,23+/m0/s1. The zero-order valence-corrected chi connectivity index (χ0v) is 24.6. The fraction of sp³-hybridized carbons (Fsp3) is 0.565. The van der Waals surface area contributed by atoms with Crippen molar-refractivity contribution in [2.75, 3.05) is 12.9 Å². The van der Waals surface area contributed by atoms with Gasteiger partial charge in [-0.1, -0.05) is 39.0 Å². The minimum absolute atomic E-state index is 0.114. The summed E-state index contributed by atoms with van der Waals surface area (Å²) >= 11 is 0. The molecule has 1 aromatic heterocycles. The monoisotopic (exact) mass is 574 g/mol. The van der Waals surface area contributed by atoms with Crippen molar-refractivity contribution in [2.24, 2.45) is 0 Å². The number of hydrogen-bond donors (Lipinski definition) is 1. The van der Waals surface area contributed by atoms with Gasteiger partial charge in [-0.2, -0.15) is 8.42 Å². The second-order valence-corrected chi connectivity index (χ2v) is 19.3. The van der Waals surface area contributed by atoms with Gasteiger partial charge in [0.1, 0.15) is 12.8 Å². The molecule has 0 saturated carbocycles. The van der Waals surface area contributed by atoms with Crippen LogP contribution in [0, 0.1) is 6.92 Å². The number of H-pyrrole nitrogens is 1. The van der Waals surface area contributed by atoms with Crippen LogP contribution in [0.1, 0.15) is 39.0 Å². The highest BCUT2D eigenvalue weighted by molar-refractivity contribution is 7.92. The van der Waals surface area contributed by atoms with Gasteiger partial charge in [0.2, 0.25) is 14.8 Å². The lowest BCUT2D eigenvalue weighted by atomic mass is 10.2. The van der Waals surface area contributed by atoms with Gasteiger partial charge >= 0.3 is 5.69 Å². The second kappa shape index (κ2) is 9.89. The SMILES string of the molecule is Cc1cn([C@H]2C[C@H](O[Si](C)(C)C(C)(C)C)[C@@](COS(C)(=O)=O)(S(=O)(=O)c3ccccc3)O2)c(=O)[nH]c1=O. The van der Waals surface area contributed by atoms with Crippen LogP contribution >= 0.6 is 0 Å². The Morgan fingerprint density at radius 1 is 1.14 bits per heavy atom. The molecule has 3 atom stereocenters. The van der Waals surface area contributed by atoms with Crippen LogP contribution in [0.2, 0.25) is 18.1 Å². The number of aromatic amines is 1. The molecule has 1 saturated heterocycles. The van der Waals surface area contributed by atoms with E-state index in [0.29, 0.717) is 0 Å². The molecule has 0 bridgehead atoms. The van der Waals surface area contributed by atoms with E-state index < -0.39 is 63.4 Å². The normalized spacial score (nSPS) is 23.3. The molecule has 2 heterocycles. The molecule has 3 rings (SSSR count). The molecule has 37 heavy (non-hydrogen) atoms. The van der Waals surface area contributed by atoms with Crippen LogP contribution in [0.4, 0.5) is 0 Å². The molecular weight excluding hydrogens is 540 g/mol. The van der Waals surface area contributed by atoms with Crippen molar-refractivity contribution in [3.05, 3.63) is 62.9 Å². The zero-order valence-electron chi connectivity index (χ0n) is 22.0. The fourth-order valence-electron chi connectivity index (χ4n) is 3.79. The highest BCUT2D eigenvalue weighted by Crippen LogP contribution is 2.48. The van der Waals surface area contributed by atoms with Gasteiger partial charge in [-0.3, -0.25) is 18.5 Å². The van der Waals surface area contributed by atoms with Crippen LogP contribution in [0.5, 0.6) is 0 Å². The Balaban J connectivity index is 2.27. The van der Waals surface area contributed by atoms with Crippen molar-refractivity contribution in [3.8, 4) is 0 Å². The van der Waals surface area contributed by atoms with Gasteiger partial charge in [0.15, 0.2) is 8.32 Å². The van der Waals surface area contributed by atoms with Gasteiger partial charge in [-0.25, -0.2) is 13.2 Å². The van der Waals surface area contributed by atoms with Crippen molar-refractivity contribution in [1.29, 1.82) is 0 Å². The summed E-state index contributed by atoms with van der Waals surface area (Å²) in [7, 11) is -11.2. The molecule has 0 spiro atoms. The van der Waals surface area contributed by atoms with Crippen molar-refractivity contribution in [1.82, 2.24) is 9.55 Å². The maximum absolute atomic E-state index is 14.2. The number of nitrogens with one attached hydrogen (secondary N) is 1. The molecule has 0 amide bonds. The third-order valence-corrected chi connectivity index (χ3v) is 14.2. The lowest BCUT2D eigenvalue weighted by Gasteiger charge is -2.42. The van der Waals surface area contributed by atoms with E-state index in [9.17, 15) is 26.4 Å². The van der Waals surface area contributed by atoms with E-state index >= 15 is 0 Å². The topological polar surface area (TPSA) is 151 Å². The van der Waals surface area contributed by atoms with Crippen LogP contribution in [0.15, 0.2) is 51.0 Å². The molecule has 0 unspecified atom stereocenters. The third kappa shape index (κ3) is 5.83. The Hall–Kier alpha value is -2.10. The fourth-order valence-corrected chi connectivity index (χ4v) is 7.54. The number of benzene rings is 1. The minimum Gasteiger partial charge on any atom is -0.410 e. The van der Waals surface area contributed by atoms with E-state index in [2.05, 4.69) is 4.98 Å². The smallest absolute Gasteiger partial charge is 0.330 e. The second-order valence-electron chi connectivity index (χ2n) is 10.7. The summed E-state index contributed by atoms with van der Waals surface area (Å²) in [6.07, 6.45) is -0.430. The summed E-state index contributed by atoms with van der Waals surface area (Å²) in [6, 6.07) is 7.44. The Bertz CT molecular complexity index is 1480. The summed E-state index contributed by atoms with van der Waals surface area (Å²) in [5, 5.41) is -0.337. The van der Waals surface area contributed by atoms with Crippen LogP contribution in [-0.2, 0) is 33.3 Å². The van der Waals surface area contributed by atoms with E-state index in [1.807, 2.05) is 33.9 Å². The number of rotatable bonds is 8. The Morgan fingerprint density at radius 3 is 2.27 bits per heavy atom. The maximum Gasteiger partial charge on any atom is 0.330 e. The van der Waals surface area contributed by atoms with Gasteiger partial charge in [0.25, 0.3) is 15.7 Å². The van der Waals surface area contributed by atoms with E-state index in [-0.39, 0.29) is 21.9 Å². The van der Waals surface area contributed by atoms with Gasteiger partial charge < -0.3 is 9.16 Å². The molecule has 11 nitrogen and oxygen atoms in total. The molecule has 1 aliphatic heterocycles. The van der Waals surface area contributed by atoms with Crippen molar-refractivity contribution in [3.63, 3.8) is 0 Å². The lowest BCUT2D eigenvalue weighted by molar-refractivity contribution is -0.0669. The molecule has 0 radical (unpaired) electrons. The molecule has 14 heteroatoms. The Morgan fingerprint density at radius 2 is 1.73 bits per heavy atom. The highest BCUT2D eigenvalue weighted by atomic mass is 32.2. The number of sulfone groups is 1. The van der Waals surface area contributed by atoms with Crippen LogP contribution in [-0.4, -0.2) is 58.6 Å². The lowest BCUT2D eigenvalue weighted by Crippen LogP contribution is -2.56. The molecule has 2 aromatic rings. The Labute approximate surface area is 218 Å². The molecule has 1 N–H and O–H groups in total. The summed E-state index contributed by atoms with van der Waals surface area (Å²) < 4.78 is 71.3. The quantitative estimate of drug-likeness (QED) is 0.370. The average molecular weight is 575 g/mol. The van der Waals surface area contributed by atoms with Crippen LogP contribution in [0.25, 0.3) is 0 Å². The van der Waals surface area contributed by atoms with Crippen molar-refractivity contribution in [2.45, 2.75) is 74.4 Å². The predicted molar refractivity (Wildman–Crippen MR) is 140 cm³/mol. The minimum atomic E-state index is -4.46. The molecule has 0 aliphatic carbocycles. The number of aryl methyl sites for hydroxylation is 1. The molecule has 1 aliphatic rings. The number of hydrogen-bond acceptors (Lipinski definition) is 9. The first-order valence-electron chi connectivity index (χ1n) is 11.6. The third-order valence-electron chi connectivity index (χ3n) is 6.92. The van der Waals surface area contributed by atoms with E-state index in [1.165, 1.54) is 37.4 Å². The number of nitrogens with zero attached hydrogens (tertiary/aromatic N) is 1. The van der Waals surface area contributed by atoms with Crippen LogP contribution < -0.4 is 11.2 Å². The van der Waals surface area contributed by atoms with Gasteiger partial charge in [-0.05, 0) is 37.2 Å². The highest BCUT2D eigenvalue weighted by Gasteiger charge is 2.62. The number of ether oxygens (including phenoxy) is 1. The Kier molecular flexibility index (Phi) is 7.87. The maximum atomic E-state index is 14.2. The molecular formula is C23H34N2O9S2Si. The number of aromatic nitrogens is 2.